The summed E-state index contributed by atoms with van der Waals surface area (Å²) >= 11 is 5.67. The molecular formula is C120H126Ir3N6S3Si3-6. The fraction of sp³-hybridized carbons (Fsp3) is 0.300. The fourth-order valence-electron chi connectivity index (χ4n) is 18.5. The molecule has 0 aliphatic heterocycles. The van der Waals surface area contributed by atoms with Gasteiger partial charge in [0.15, 0.2) is 0 Å². The molecule has 0 saturated heterocycles. The van der Waals surface area contributed by atoms with Crippen LogP contribution in [0.1, 0.15) is 207 Å². The van der Waals surface area contributed by atoms with Crippen molar-refractivity contribution in [3.05, 3.63) is 344 Å². The van der Waals surface area contributed by atoms with Gasteiger partial charge in [0.2, 0.25) is 0 Å². The molecule has 3 saturated carbocycles. The van der Waals surface area contributed by atoms with Gasteiger partial charge in [-0.25, -0.2) is 0 Å². The van der Waals surface area contributed by atoms with Crippen LogP contribution in [-0.4, -0.2) is 54.1 Å². The van der Waals surface area contributed by atoms with Crippen molar-refractivity contribution in [3.63, 3.8) is 0 Å². The van der Waals surface area contributed by atoms with Gasteiger partial charge >= 0.3 is 0 Å². The second kappa shape index (κ2) is 47.7. The number of thiophene rings is 3. The van der Waals surface area contributed by atoms with E-state index in [0.29, 0.717) is 35.5 Å². The van der Waals surface area contributed by atoms with Crippen LogP contribution in [-0.2, 0) is 60.3 Å². The van der Waals surface area contributed by atoms with Gasteiger partial charge in [-0.3, -0.25) is 0 Å². The van der Waals surface area contributed by atoms with Crippen LogP contribution >= 0.6 is 34.0 Å². The van der Waals surface area contributed by atoms with Gasteiger partial charge in [0, 0.05) is 112 Å². The molecule has 21 rings (SSSR count). The molecule has 6 nitrogen and oxygen atoms in total. The smallest absolute Gasteiger partial charge is 0.0783 e. The molecule has 9 aromatic carbocycles. The molecule has 3 radical (unpaired) electrons. The zero-order chi connectivity index (χ0) is 92.0. The van der Waals surface area contributed by atoms with Gasteiger partial charge in [0.1, 0.15) is 0 Å². The van der Waals surface area contributed by atoms with Crippen LogP contribution in [0.25, 0.3) is 128 Å². The topological polar surface area (TPSA) is 77.3 Å². The van der Waals surface area contributed by atoms with E-state index in [1.165, 1.54) is 201 Å². The van der Waals surface area contributed by atoms with Crippen molar-refractivity contribution < 1.29 is 60.3 Å². The van der Waals surface area contributed by atoms with Crippen LogP contribution in [0.15, 0.2) is 274 Å². The monoisotopic (exact) mass is 2410 g/mol. The van der Waals surface area contributed by atoms with E-state index in [1.807, 2.05) is 125 Å². The van der Waals surface area contributed by atoms with E-state index in [2.05, 4.69) is 334 Å². The molecular weight excluding hydrogens is 2280 g/mol. The molecule has 0 spiro atoms. The summed E-state index contributed by atoms with van der Waals surface area (Å²) in [7, 11) is -4.06. The number of pyridine rings is 6. The van der Waals surface area contributed by atoms with Crippen molar-refractivity contribution in [2.75, 3.05) is 0 Å². The minimum atomic E-state index is -1.42. The zero-order valence-corrected chi connectivity index (χ0v) is 93.6. The maximum Gasteiger partial charge on any atom is 0.0783 e. The number of nitrogens with zero attached hydrogens (tertiary/aromatic N) is 6. The Morgan fingerprint density at radius 1 is 0.274 bits per heavy atom. The molecule has 135 heavy (non-hydrogen) atoms. The van der Waals surface area contributed by atoms with Crippen LogP contribution in [0, 0.1) is 36.4 Å². The Kier molecular flexibility index (Phi) is 36.5. The molecule has 3 aliphatic rings. The third-order valence-electron chi connectivity index (χ3n) is 26.5. The summed E-state index contributed by atoms with van der Waals surface area (Å²) in [5.41, 5.74) is 20.8. The normalized spacial score (nSPS) is 13.8. The van der Waals surface area contributed by atoms with E-state index in [9.17, 15) is 0 Å². The molecule has 0 unspecified atom stereocenters. The van der Waals surface area contributed by atoms with Gasteiger partial charge in [-0.1, -0.05) is 299 Å². The van der Waals surface area contributed by atoms with Gasteiger partial charge in [-0.05, 0) is 190 Å². The van der Waals surface area contributed by atoms with Crippen molar-refractivity contribution >= 4 is 134 Å². The molecule has 699 valence electrons. The standard InChI is InChI=1S/3C26H28NSSi.3C14H14N.3Ir/c1-29(2,3)24-14-8-13-23-25(24)21-12-7-11-20(26(21)28-23)22-16-15-19(17-27-22)18-9-5-4-6-10-18;1-29(2,3)20-13-14-21-22-10-7-11-23(26(22)28-25(21)16-20)24-15-12-19(17-27-24)18-8-5-4-6-9-18;1-29(2,3)20-13-15-25-23(16-20)21-10-7-11-22(26(21)28-25)24-14-12-19(17-27-24)18-8-5-4-6-9-18;3*1-11(2)13-8-9-14(15-10-13)12-6-4-3-5-7-12;;;/h7-8,12-18H,4-6,9-10H2,1-3H3;2*7,10,12-18H,4-6,8-9H2,1-3H3;3*3-6,8-11H,1-2H3;;;/q6*-1;;;. The third-order valence-corrected chi connectivity index (χ3v) is 36.2. The quantitative estimate of drug-likeness (QED) is 0.0752. The number of rotatable bonds is 15. The molecule has 15 heteroatoms. The van der Waals surface area contributed by atoms with Crippen molar-refractivity contribution in [1.29, 1.82) is 0 Å². The first kappa shape index (κ1) is 104. The van der Waals surface area contributed by atoms with Crippen molar-refractivity contribution in [1.82, 2.24) is 29.9 Å². The van der Waals surface area contributed by atoms with Crippen LogP contribution in [0.2, 0.25) is 58.9 Å². The maximum absolute atomic E-state index is 4.90. The first-order chi connectivity index (χ1) is 63.8. The van der Waals surface area contributed by atoms with Gasteiger partial charge in [0.05, 0.1) is 24.2 Å². The van der Waals surface area contributed by atoms with E-state index >= 15 is 0 Å². The van der Waals surface area contributed by atoms with Gasteiger partial charge in [-0.15, -0.1) is 179 Å². The number of benzene rings is 9. The molecule has 0 bridgehead atoms. The van der Waals surface area contributed by atoms with E-state index in [-0.39, 0.29) is 60.3 Å². The molecule has 18 aromatic rings. The summed E-state index contributed by atoms with van der Waals surface area (Å²) in [6.07, 6.45) is 32.5. The zero-order valence-electron chi connectivity index (χ0n) is 81.0. The number of hydrogen-bond acceptors (Lipinski definition) is 9. The van der Waals surface area contributed by atoms with Gasteiger partial charge in [0.25, 0.3) is 0 Å². The maximum atomic E-state index is 4.90. The average Bonchev–Trinajstić information content (AvgIpc) is 1.67. The second-order valence-electron chi connectivity index (χ2n) is 40.1. The van der Waals surface area contributed by atoms with E-state index in [0.717, 1.165) is 67.5 Å². The average molecular weight is 2410 g/mol. The van der Waals surface area contributed by atoms with E-state index in [4.69, 9.17) is 15.0 Å². The molecule has 3 fully saturated rings. The first-order valence-corrected chi connectivity index (χ1v) is 61.1. The second-order valence-corrected chi connectivity index (χ2v) is 58.5. The molecule has 3 aliphatic carbocycles. The fourth-order valence-corrected chi connectivity index (χ4v) is 26.3. The molecule has 0 atom stereocenters. The first-order valence-electron chi connectivity index (χ1n) is 48.1. The van der Waals surface area contributed by atoms with Crippen LogP contribution < -0.4 is 15.6 Å². The van der Waals surface area contributed by atoms with Gasteiger partial charge < -0.3 is 29.9 Å². The number of fused-ring (bicyclic) bond motifs is 9. The summed E-state index contributed by atoms with van der Waals surface area (Å²) in [6, 6.07) is 104. The predicted octanol–water partition coefficient (Wildman–Crippen LogP) is 33.5. The molecule has 9 aromatic heterocycles. The third kappa shape index (κ3) is 25.8. The summed E-state index contributed by atoms with van der Waals surface area (Å²) in [6.45, 7) is 34.8. The minimum Gasteiger partial charge on any atom is -0.304 e. The Labute approximate surface area is 859 Å². The SMILES string of the molecule is CC(C)c1ccc(-c2[c-]cccc2)nc1.CC(C)c1ccc(-c2[c-]cccc2)nc1.CC(C)c1ccc(-c2[c-]cccc2)nc1.C[Si](C)(C)c1ccc2c(c1)sc1c(-c3ccc(C4CCCCC4)cn3)[c-]ccc12.C[Si](C)(C)c1ccc2sc3c(-c4ccc(C5CCCCC5)cn4)[c-]ccc3c2c1.C[Si](C)(C)c1cccc2sc3c(-c4ccc(C5CCCCC5)cn4)[c-]ccc3c12.[Ir].[Ir].[Ir]. The Morgan fingerprint density at radius 3 is 0.970 bits per heavy atom. The van der Waals surface area contributed by atoms with Crippen LogP contribution in [0.5, 0.6) is 0 Å². The summed E-state index contributed by atoms with van der Waals surface area (Å²) < 4.78 is 8.09. The summed E-state index contributed by atoms with van der Waals surface area (Å²) in [4.78, 5) is 28.0. The van der Waals surface area contributed by atoms with E-state index in [1.54, 1.807) is 5.19 Å². The molecule has 0 N–H and O–H groups in total. The summed E-state index contributed by atoms with van der Waals surface area (Å²) in [5.74, 6) is 3.71. The molecule has 9 heterocycles. The Hall–Kier alpha value is -8.86. The van der Waals surface area contributed by atoms with Crippen molar-refractivity contribution in [3.8, 4) is 67.5 Å². The minimum absolute atomic E-state index is 0. The van der Waals surface area contributed by atoms with Crippen molar-refractivity contribution in [2.24, 2.45) is 0 Å². The van der Waals surface area contributed by atoms with Crippen molar-refractivity contribution in [2.45, 2.75) is 232 Å². The Balaban J connectivity index is 0.000000140. The Morgan fingerprint density at radius 2 is 0.622 bits per heavy atom. The summed E-state index contributed by atoms with van der Waals surface area (Å²) in [5, 5.41) is 12.9. The number of aromatic nitrogens is 6. The largest absolute Gasteiger partial charge is 0.304 e. The van der Waals surface area contributed by atoms with Crippen LogP contribution in [0.3, 0.4) is 0 Å². The van der Waals surface area contributed by atoms with E-state index < -0.39 is 24.2 Å². The number of hydrogen-bond donors (Lipinski definition) is 0. The Bertz CT molecular complexity index is 6530. The predicted molar refractivity (Wildman–Crippen MR) is 578 cm³/mol. The van der Waals surface area contributed by atoms with Gasteiger partial charge in [-0.2, -0.15) is 34.0 Å². The van der Waals surface area contributed by atoms with Crippen LogP contribution in [0.4, 0.5) is 0 Å². The molecule has 0 amide bonds.